The van der Waals surface area contributed by atoms with Gasteiger partial charge in [0.25, 0.3) is 0 Å². The average Bonchev–Trinajstić information content (AvgIpc) is 2.65. The fraction of sp³-hybridized carbons (Fsp3) is 0.538. The molecule has 0 amide bonds. The van der Waals surface area contributed by atoms with Gasteiger partial charge in [-0.25, -0.2) is 8.42 Å². The van der Waals surface area contributed by atoms with Crippen LogP contribution in [0.3, 0.4) is 0 Å². The fourth-order valence-electron chi connectivity index (χ4n) is 2.07. The molecule has 8 heteroatoms. The third-order valence-corrected chi connectivity index (χ3v) is 5.14. The molecule has 0 radical (unpaired) electrons. The number of hydrogen-bond acceptors (Lipinski definition) is 3. The molecule has 1 aromatic carbocycles. The highest BCUT2D eigenvalue weighted by Gasteiger charge is 2.44. The first kappa shape index (κ1) is 16.3. The van der Waals surface area contributed by atoms with Crippen LogP contribution < -0.4 is 0 Å². The summed E-state index contributed by atoms with van der Waals surface area (Å²) >= 11 is 0. The molecule has 0 aliphatic carbocycles. The van der Waals surface area contributed by atoms with Gasteiger partial charge in [-0.05, 0) is 25.5 Å². The standard InChI is InChI=1S/C13H16F3NO3S/c1-10-3-5-11(6-4-10)21(18,19)17-7-2-8-20-12(9-17)13(14,15)16/h3-6,12H,2,7-9H2,1H3/t12-/m1/s1. The number of hydrogen-bond donors (Lipinski definition) is 0. The Morgan fingerprint density at radius 1 is 1.24 bits per heavy atom. The predicted octanol–water partition coefficient (Wildman–Crippen LogP) is 2.34. The molecule has 1 saturated heterocycles. The van der Waals surface area contributed by atoms with Crippen LogP contribution in [0.4, 0.5) is 13.2 Å². The zero-order valence-electron chi connectivity index (χ0n) is 11.4. The Labute approximate surface area is 121 Å². The molecule has 1 heterocycles. The highest BCUT2D eigenvalue weighted by Crippen LogP contribution is 2.28. The Balaban J connectivity index is 2.27. The molecule has 2 rings (SSSR count). The first-order valence-corrected chi connectivity index (χ1v) is 7.90. The quantitative estimate of drug-likeness (QED) is 0.839. The molecule has 4 nitrogen and oxygen atoms in total. The third kappa shape index (κ3) is 3.75. The first-order valence-electron chi connectivity index (χ1n) is 6.46. The summed E-state index contributed by atoms with van der Waals surface area (Å²) in [5.41, 5.74) is 0.876. The van der Waals surface area contributed by atoms with Crippen LogP contribution in [-0.4, -0.2) is 44.7 Å². The molecule has 0 bridgehead atoms. The van der Waals surface area contributed by atoms with Gasteiger partial charge in [-0.1, -0.05) is 17.7 Å². The Bertz CT molecular complexity index is 584. The Hall–Kier alpha value is -1.12. The van der Waals surface area contributed by atoms with Crippen LogP contribution in [0.2, 0.25) is 0 Å². The van der Waals surface area contributed by atoms with Gasteiger partial charge < -0.3 is 4.74 Å². The number of sulfonamides is 1. The summed E-state index contributed by atoms with van der Waals surface area (Å²) < 4.78 is 68.8. The van der Waals surface area contributed by atoms with Gasteiger partial charge in [0.2, 0.25) is 10.0 Å². The van der Waals surface area contributed by atoms with Gasteiger partial charge in [-0.15, -0.1) is 0 Å². The summed E-state index contributed by atoms with van der Waals surface area (Å²) in [5, 5.41) is 0. The van der Waals surface area contributed by atoms with E-state index in [0.29, 0.717) is 0 Å². The summed E-state index contributed by atoms with van der Waals surface area (Å²) in [4.78, 5) is -0.00377. The van der Waals surface area contributed by atoms with Crippen molar-refractivity contribution in [3.05, 3.63) is 29.8 Å². The second kappa shape index (κ2) is 5.94. The van der Waals surface area contributed by atoms with Crippen molar-refractivity contribution in [3.63, 3.8) is 0 Å². The van der Waals surface area contributed by atoms with E-state index in [0.717, 1.165) is 9.87 Å². The van der Waals surface area contributed by atoms with Crippen LogP contribution in [0.1, 0.15) is 12.0 Å². The monoisotopic (exact) mass is 323 g/mol. The van der Waals surface area contributed by atoms with Crippen molar-refractivity contribution >= 4 is 10.0 Å². The van der Waals surface area contributed by atoms with E-state index in [4.69, 9.17) is 4.74 Å². The zero-order chi connectivity index (χ0) is 15.7. The van der Waals surface area contributed by atoms with Crippen molar-refractivity contribution in [3.8, 4) is 0 Å². The number of ether oxygens (including phenoxy) is 1. The van der Waals surface area contributed by atoms with Gasteiger partial charge in [0.1, 0.15) is 0 Å². The molecule has 1 atom stereocenters. The molecule has 0 spiro atoms. The van der Waals surface area contributed by atoms with E-state index in [1.807, 2.05) is 0 Å². The first-order chi connectivity index (χ1) is 9.71. The van der Waals surface area contributed by atoms with Gasteiger partial charge in [0.15, 0.2) is 6.10 Å². The van der Waals surface area contributed by atoms with Crippen LogP contribution in [0.25, 0.3) is 0 Å². The van der Waals surface area contributed by atoms with Crippen molar-refractivity contribution in [2.75, 3.05) is 19.7 Å². The van der Waals surface area contributed by atoms with Gasteiger partial charge >= 0.3 is 6.18 Å². The van der Waals surface area contributed by atoms with Crippen LogP contribution in [0, 0.1) is 6.92 Å². The second-order valence-electron chi connectivity index (χ2n) is 4.93. The Kier molecular flexibility index (Phi) is 4.60. The number of aryl methyl sites for hydroxylation is 1. The molecule has 0 unspecified atom stereocenters. The molecule has 1 aliphatic rings. The van der Waals surface area contributed by atoms with Crippen molar-refractivity contribution < 1.29 is 26.3 Å². The second-order valence-corrected chi connectivity index (χ2v) is 6.87. The minimum Gasteiger partial charge on any atom is -0.367 e. The van der Waals surface area contributed by atoms with E-state index in [-0.39, 0.29) is 24.5 Å². The van der Waals surface area contributed by atoms with Gasteiger partial charge in [0, 0.05) is 19.7 Å². The largest absolute Gasteiger partial charge is 0.415 e. The molecule has 1 aliphatic heterocycles. The molecule has 0 aromatic heterocycles. The van der Waals surface area contributed by atoms with E-state index in [1.54, 1.807) is 19.1 Å². The van der Waals surface area contributed by atoms with Crippen molar-refractivity contribution in [2.45, 2.75) is 30.5 Å². The molecule has 1 fully saturated rings. The lowest BCUT2D eigenvalue weighted by Crippen LogP contribution is -2.43. The van der Waals surface area contributed by atoms with E-state index in [2.05, 4.69) is 0 Å². The van der Waals surface area contributed by atoms with Crippen LogP contribution in [-0.2, 0) is 14.8 Å². The van der Waals surface area contributed by atoms with Crippen molar-refractivity contribution in [2.24, 2.45) is 0 Å². The smallest absolute Gasteiger partial charge is 0.367 e. The molecule has 1 aromatic rings. The van der Waals surface area contributed by atoms with Crippen LogP contribution in [0.15, 0.2) is 29.2 Å². The fourth-order valence-corrected chi connectivity index (χ4v) is 3.55. The summed E-state index contributed by atoms with van der Waals surface area (Å²) in [5.74, 6) is 0. The maximum atomic E-state index is 12.8. The molecule has 0 saturated carbocycles. The highest BCUT2D eigenvalue weighted by atomic mass is 32.2. The minimum atomic E-state index is -4.58. The van der Waals surface area contributed by atoms with Gasteiger partial charge in [-0.3, -0.25) is 0 Å². The number of alkyl halides is 3. The molecule has 118 valence electrons. The lowest BCUT2D eigenvalue weighted by molar-refractivity contribution is -0.217. The maximum absolute atomic E-state index is 12.8. The van der Waals surface area contributed by atoms with E-state index in [9.17, 15) is 21.6 Å². The number of halogens is 3. The van der Waals surface area contributed by atoms with E-state index < -0.39 is 28.8 Å². The summed E-state index contributed by atoms with van der Waals surface area (Å²) in [7, 11) is -3.94. The molecular weight excluding hydrogens is 307 g/mol. The number of rotatable bonds is 2. The maximum Gasteiger partial charge on any atom is 0.415 e. The van der Waals surface area contributed by atoms with Crippen molar-refractivity contribution in [1.29, 1.82) is 0 Å². The summed E-state index contributed by atoms with van der Waals surface area (Å²) in [6, 6.07) is 6.03. The number of nitrogens with zero attached hydrogens (tertiary/aromatic N) is 1. The topological polar surface area (TPSA) is 46.6 Å². The Morgan fingerprint density at radius 2 is 1.86 bits per heavy atom. The van der Waals surface area contributed by atoms with E-state index in [1.165, 1.54) is 12.1 Å². The highest BCUT2D eigenvalue weighted by molar-refractivity contribution is 7.89. The normalized spacial score (nSPS) is 22.0. The lowest BCUT2D eigenvalue weighted by atomic mass is 10.2. The zero-order valence-corrected chi connectivity index (χ0v) is 12.2. The SMILES string of the molecule is Cc1ccc(S(=O)(=O)N2CCCO[C@@H](C(F)(F)F)C2)cc1. The minimum absolute atomic E-state index is 0.00377. The van der Waals surface area contributed by atoms with Crippen LogP contribution >= 0.6 is 0 Å². The summed E-state index contributed by atoms with van der Waals surface area (Å²) in [6.07, 6.45) is -6.43. The predicted molar refractivity (Wildman–Crippen MR) is 70.3 cm³/mol. The van der Waals surface area contributed by atoms with Gasteiger partial charge in [-0.2, -0.15) is 17.5 Å². The number of benzene rings is 1. The third-order valence-electron chi connectivity index (χ3n) is 3.26. The Morgan fingerprint density at radius 3 is 2.43 bits per heavy atom. The average molecular weight is 323 g/mol. The lowest BCUT2D eigenvalue weighted by Gasteiger charge is -2.24. The molecule has 0 N–H and O–H groups in total. The molecule has 21 heavy (non-hydrogen) atoms. The van der Waals surface area contributed by atoms with Gasteiger partial charge in [0.05, 0.1) is 4.90 Å². The van der Waals surface area contributed by atoms with Crippen LogP contribution in [0.5, 0.6) is 0 Å². The van der Waals surface area contributed by atoms with Crippen molar-refractivity contribution in [1.82, 2.24) is 4.31 Å². The summed E-state index contributed by atoms with van der Waals surface area (Å²) in [6.45, 7) is 1.00. The van der Waals surface area contributed by atoms with E-state index >= 15 is 0 Å². The molecular formula is C13H16F3NO3S.